The molecule has 0 unspecified atom stereocenters. The van der Waals surface area contributed by atoms with Crippen LogP contribution in [0.2, 0.25) is 0 Å². The van der Waals surface area contributed by atoms with Gasteiger partial charge in [-0.15, -0.1) is 30.6 Å². The molecule has 0 saturated carbocycles. The molecule has 0 saturated heterocycles. The Labute approximate surface area is 173 Å². The van der Waals surface area contributed by atoms with Crippen molar-refractivity contribution in [2.24, 2.45) is 10.7 Å². The maximum absolute atomic E-state index is 12.4. The van der Waals surface area contributed by atoms with Crippen LogP contribution in [0.4, 0.5) is 4.79 Å². The van der Waals surface area contributed by atoms with Crippen molar-refractivity contribution in [1.82, 2.24) is 15.2 Å². The number of halogens is 1. The van der Waals surface area contributed by atoms with E-state index in [0.29, 0.717) is 38.6 Å². The number of carbonyl (C=O) groups excluding carboxylic acids is 1. The summed E-state index contributed by atoms with van der Waals surface area (Å²) in [5.74, 6) is 0.371. The maximum Gasteiger partial charge on any atom is 0.410 e. The fourth-order valence-corrected chi connectivity index (χ4v) is 1.97. The number of hydrogen-bond acceptors (Lipinski definition) is 4. The fourth-order valence-electron chi connectivity index (χ4n) is 1.97. The molecule has 1 aromatic heterocycles. The van der Waals surface area contributed by atoms with Gasteiger partial charge < -0.3 is 20.7 Å². The number of guanidine groups is 1. The van der Waals surface area contributed by atoms with Crippen molar-refractivity contribution in [3.05, 3.63) is 42.7 Å². The highest BCUT2D eigenvalue weighted by Crippen LogP contribution is 2.12. The molecule has 0 fully saturated rings. The standard InChI is InChI=1S/C18H29N5O2.HI/c1-5-9-21-16(19)22-11-7-12-23(17(24)25-18(2,3)4)14-15-8-6-10-20-13-15;/h5-6,8,10,13H,1,7,9,11-12,14H2,2-4H3,(H3,19,21,22);1H. The van der Waals surface area contributed by atoms with Crippen LogP contribution in [-0.4, -0.2) is 47.2 Å². The molecule has 0 bridgehead atoms. The molecule has 1 rings (SSSR count). The van der Waals surface area contributed by atoms with Crippen LogP contribution in [0.25, 0.3) is 0 Å². The van der Waals surface area contributed by atoms with E-state index in [1.807, 2.05) is 32.9 Å². The van der Waals surface area contributed by atoms with Gasteiger partial charge in [0.1, 0.15) is 5.60 Å². The molecule has 0 aromatic carbocycles. The Kier molecular flexibility index (Phi) is 11.6. The minimum Gasteiger partial charge on any atom is -0.444 e. The SMILES string of the molecule is C=CCNC(N)=NCCCN(Cc1cccnc1)C(=O)OC(C)(C)C.I. The molecule has 0 aliphatic rings. The molecule has 0 spiro atoms. The van der Waals surface area contributed by atoms with E-state index in [9.17, 15) is 4.79 Å². The number of nitrogens with zero attached hydrogens (tertiary/aromatic N) is 3. The second-order valence-corrected chi connectivity index (χ2v) is 6.55. The highest BCUT2D eigenvalue weighted by molar-refractivity contribution is 14.0. The third-order valence-electron chi connectivity index (χ3n) is 3.04. The highest BCUT2D eigenvalue weighted by atomic mass is 127. The first-order valence-electron chi connectivity index (χ1n) is 8.33. The summed E-state index contributed by atoms with van der Waals surface area (Å²) in [6.07, 6.45) is 5.48. The monoisotopic (exact) mass is 475 g/mol. The number of pyridine rings is 1. The van der Waals surface area contributed by atoms with E-state index < -0.39 is 5.60 Å². The predicted octanol–water partition coefficient (Wildman–Crippen LogP) is 2.92. The first-order chi connectivity index (χ1) is 11.8. The van der Waals surface area contributed by atoms with Crippen molar-refractivity contribution in [2.45, 2.75) is 39.3 Å². The smallest absolute Gasteiger partial charge is 0.410 e. The Morgan fingerprint density at radius 2 is 2.23 bits per heavy atom. The lowest BCUT2D eigenvalue weighted by Gasteiger charge is -2.27. The van der Waals surface area contributed by atoms with Crippen molar-refractivity contribution in [3.63, 3.8) is 0 Å². The molecular weight excluding hydrogens is 445 g/mol. The summed E-state index contributed by atoms with van der Waals surface area (Å²) in [6, 6.07) is 3.78. The van der Waals surface area contributed by atoms with Gasteiger partial charge in [-0.1, -0.05) is 12.1 Å². The largest absolute Gasteiger partial charge is 0.444 e. The number of aromatic nitrogens is 1. The molecular formula is C18H30IN5O2. The molecule has 7 nitrogen and oxygen atoms in total. The third kappa shape index (κ3) is 10.9. The highest BCUT2D eigenvalue weighted by Gasteiger charge is 2.22. The van der Waals surface area contributed by atoms with Crippen LogP contribution < -0.4 is 11.1 Å². The van der Waals surface area contributed by atoms with E-state index in [-0.39, 0.29) is 30.1 Å². The van der Waals surface area contributed by atoms with Gasteiger partial charge >= 0.3 is 6.09 Å². The first-order valence-corrected chi connectivity index (χ1v) is 8.33. The Balaban J connectivity index is 0.00000625. The van der Waals surface area contributed by atoms with Crippen molar-refractivity contribution in [2.75, 3.05) is 19.6 Å². The lowest BCUT2D eigenvalue weighted by atomic mass is 10.2. The number of nitrogens with two attached hydrogens (primary N) is 1. The van der Waals surface area contributed by atoms with Crippen molar-refractivity contribution < 1.29 is 9.53 Å². The molecule has 0 aliphatic heterocycles. The number of amides is 1. The van der Waals surface area contributed by atoms with Gasteiger partial charge in [-0.2, -0.15) is 0 Å². The first kappa shape index (κ1) is 24.2. The summed E-state index contributed by atoms with van der Waals surface area (Å²) < 4.78 is 5.49. The van der Waals surface area contributed by atoms with Gasteiger partial charge in [0, 0.05) is 32.0 Å². The van der Waals surface area contributed by atoms with Crippen LogP contribution in [-0.2, 0) is 11.3 Å². The summed E-state index contributed by atoms with van der Waals surface area (Å²) in [5, 5.41) is 2.91. The number of hydrogen-bond donors (Lipinski definition) is 2. The van der Waals surface area contributed by atoms with Crippen LogP contribution in [0.15, 0.2) is 42.2 Å². The maximum atomic E-state index is 12.4. The Bertz CT molecular complexity index is 573. The molecule has 146 valence electrons. The van der Waals surface area contributed by atoms with E-state index in [4.69, 9.17) is 10.5 Å². The van der Waals surface area contributed by atoms with Crippen LogP contribution >= 0.6 is 24.0 Å². The number of nitrogens with one attached hydrogen (secondary N) is 1. The zero-order valence-corrected chi connectivity index (χ0v) is 18.1. The summed E-state index contributed by atoms with van der Waals surface area (Å²) in [7, 11) is 0. The molecule has 3 N–H and O–H groups in total. The van der Waals surface area contributed by atoms with Crippen LogP contribution in [0.3, 0.4) is 0 Å². The quantitative estimate of drug-likeness (QED) is 0.198. The van der Waals surface area contributed by atoms with Gasteiger partial charge in [0.25, 0.3) is 0 Å². The van der Waals surface area contributed by atoms with E-state index >= 15 is 0 Å². The van der Waals surface area contributed by atoms with Gasteiger partial charge in [-0.25, -0.2) is 4.79 Å². The minimum atomic E-state index is -0.540. The van der Waals surface area contributed by atoms with E-state index in [2.05, 4.69) is 21.9 Å². The van der Waals surface area contributed by atoms with E-state index in [1.165, 1.54) is 0 Å². The van der Waals surface area contributed by atoms with Crippen LogP contribution in [0, 0.1) is 0 Å². The van der Waals surface area contributed by atoms with Gasteiger partial charge in [0.2, 0.25) is 0 Å². The normalized spacial score (nSPS) is 11.3. The Morgan fingerprint density at radius 1 is 1.50 bits per heavy atom. The fraction of sp³-hybridized carbons (Fsp3) is 0.500. The van der Waals surface area contributed by atoms with Gasteiger partial charge in [-0.05, 0) is 38.8 Å². The summed E-state index contributed by atoms with van der Waals surface area (Å²) in [5.41, 5.74) is 6.13. The van der Waals surface area contributed by atoms with E-state index in [0.717, 1.165) is 5.56 Å². The zero-order chi connectivity index (χ0) is 18.7. The summed E-state index contributed by atoms with van der Waals surface area (Å²) in [6.45, 7) is 11.2. The molecule has 8 heteroatoms. The van der Waals surface area contributed by atoms with Gasteiger partial charge in [0.15, 0.2) is 5.96 Å². The molecule has 1 amide bonds. The predicted molar refractivity (Wildman–Crippen MR) is 116 cm³/mol. The van der Waals surface area contributed by atoms with Crippen molar-refractivity contribution >= 4 is 36.0 Å². The second-order valence-electron chi connectivity index (χ2n) is 6.55. The zero-order valence-electron chi connectivity index (χ0n) is 15.8. The van der Waals surface area contributed by atoms with Crippen molar-refractivity contribution in [3.8, 4) is 0 Å². The topological polar surface area (TPSA) is 92.8 Å². The number of rotatable bonds is 8. The number of carbonyl (C=O) groups is 1. The van der Waals surface area contributed by atoms with Gasteiger partial charge in [0.05, 0.1) is 6.54 Å². The minimum absolute atomic E-state index is 0. The lowest BCUT2D eigenvalue weighted by Crippen LogP contribution is -2.37. The molecule has 1 heterocycles. The summed E-state index contributed by atoms with van der Waals surface area (Å²) >= 11 is 0. The Morgan fingerprint density at radius 3 is 2.81 bits per heavy atom. The lowest BCUT2D eigenvalue weighted by molar-refractivity contribution is 0.0232. The number of aliphatic imine (C=N–C) groups is 1. The van der Waals surface area contributed by atoms with Crippen LogP contribution in [0.1, 0.15) is 32.8 Å². The second kappa shape index (κ2) is 12.5. The van der Waals surface area contributed by atoms with Crippen LogP contribution in [0.5, 0.6) is 0 Å². The summed E-state index contributed by atoms with van der Waals surface area (Å²) in [4.78, 5) is 22.4. The molecule has 0 aliphatic carbocycles. The van der Waals surface area contributed by atoms with E-state index in [1.54, 1.807) is 23.4 Å². The van der Waals surface area contributed by atoms with Gasteiger partial charge in [-0.3, -0.25) is 9.98 Å². The molecule has 26 heavy (non-hydrogen) atoms. The third-order valence-corrected chi connectivity index (χ3v) is 3.04. The molecule has 0 atom stereocenters. The number of ether oxygens (including phenoxy) is 1. The Hall–Kier alpha value is -1.84. The molecule has 0 radical (unpaired) electrons. The average molecular weight is 475 g/mol. The molecule has 1 aromatic rings. The average Bonchev–Trinajstić information content (AvgIpc) is 2.55. The van der Waals surface area contributed by atoms with Crippen molar-refractivity contribution in [1.29, 1.82) is 0 Å².